The predicted octanol–water partition coefficient (Wildman–Crippen LogP) is 4.04. The standard InChI is InChI=1S/C18H19NO2/c1-13-6-5-7-14(10-13)20-12-18-16(11-19-2)15-8-3-4-9-17(15)21-18/h3-10,19H,11-12H2,1-2H3. The molecule has 0 fully saturated rings. The Bertz CT molecular complexity index is 746. The van der Waals surface area contributed by atoms with Crippen molar-refractivity contribution in [1.29, 1.82) is 0 Å². The molecule has 108 valence electrons. The maximum atomic E-state index is 5.94. The van der Waals surface area contributed by atoms with Crippen LogP contribution in [0.1, 0.15) is 16.9 Å². The minimum absolute atomic E-state index is 0.440. The van der Waals surface area contributed by atoms with Crippen molar-refractivity contribution >= 4 is 11.0 Å². The third kappa shape index (κ3) is 2.93. The lowest BCUT2D eigenvalue weighted by molar-refractivity contribution is 0.272. The highest BCUT2D eigenvalue weighted by molar-refractivity contribution is 5.82. The summed E-state index contributed by atoms with van der Waals surface area (Å²) in [5.74, 6) is 1.75. The molecule has 0 saturated heterocycles. The summed E-state index contributed by atoms with van der Waals surface area (Å²) < 4.78 is 11.8. The van der Waals surface area contributed by atoms with Crippen LogP contribution in [0.2, 0.25) is 0 Å². The molecule has 3 heteroatoms. The molecule has 3 nitrogen and oxygen atoms in total. The number of furan rings is 1. The molecule has 2 aromatic carbocycles. The van der Waals surface area contributed by atoms with Gasteiger partial charge in [0.15, 0.2) is 0 Å². The zero-order chi connectivity index (χ0) is 14.7. The van der Waals surface area contributed by atoms with Gasteiger partial charge in [-0.15, -0.1) is 0 Å². The Labute approximate surface area is 124 Å². The molecule has 3 aromatic rings. The average Bonchev–Trinajstić information content (AvgIpc) is 2.84. The van der Waals surface area contributed by atoms with Crippen molar-refractivity contribution in [3.63, 3.8) is 0 Å². The smallest absolute Gasteiger partial charge is 0.147 e. The van der Waals surface area contributed by atoms with Gasteiger partial charge in [-0.2, -0.15) is 0 Å². The molecule has 1 N–H and O–H groups in total. The number of ether oxygens (including phenoxy) is 1. The molecular formula is C18H19NO2. The first-order valence-corrected chi connectivity index (χ1v) is 7.11. The molecule has 0 radical (unpaired) electrons. The van der Waals surface area contributed by atoms with Crippen molar-refractivity contribution in [3.8, 4) is 5.75 Å². The van der Waals surface area contributed by atoms with Crippen molar-refractivity contribution in [1.82, 2.24) is 5.32 Å². The van der Waals surface area contributed by atoms with E-state index in [0.717, 1.165) is 29.0 Å². The van der Waals surface area contributed by atoms with Gasteiger partial charge in [0.25, 0.3) is 0 Å². The molecule has 0 aliphatic heterocycles. The van der Waals surface area contributed by atoms with Gasteiger partial charge in [0.05, 0.1) is 0 Å². The Balaban J connectivity index is 1.87. The van der Waals surface area contributed by atoms with Crippen LogP contribution in [0.3, 0.4) is 0 Å². The highest BCUT2D eigenvalue weighted by Gasteiger charge is 2.13. The van der Waals surface area contributed by atoms with Gasteiger partial charge in [0.1, 0.15) is 23.7 Å². The molecule has 1 heterocycles. The van der Waals surface area contributed by atoms with Crippen LogP contribution in [0.4, 0.5) is 0 Å². The molecule has 0 atom stereocenters. The van der Waals surface area contributed by atoms with Crippen LogP contribution >= 0.6 is 0 Å². The maximum absolute atomic E-state index is 5.94. The summed E-state index contributed by atoms with van der Waals surface area (Å²) >= 11 is 0. The predicted molar refractivity (Wildman–Crippen MR) is 84.5 cm³/mol. The zero-order valence-corrected chi connectivity index (χ0v) is 12.3. The number of hydrogen-bond donors (Lipinski definition) is 1. The number of fused-ring (bicyclic) bond motifs is 1. The van der Waals surface area contributed by atoms with Crippen molar-refractivity contribution in [2.24, 2.45) is 0 Å². The van der Waals surface area contributed by atoms with E-state index in [1.165, 1.54) is 11.1 Å². The SMILES string of the molecule is CNCc1c(COc2cccc(C)c2)oc2ccccc12. The van der Waals surface area contributed by atoms with E-state index >= 15 is 0 Å². The molecule has 0 spiro atoms. The van der Waals surface area contributed by atoms with Gasteiger partial charge in [-0.1, -0.05) is 30.3 Å². The van der Waals surface area contributed by atoms with E-state index < -0.39 is 0 Å². The largest absolute Gasteiger partial charge is 0.486 e. The van der Waals surface area contributed by atoms with Crippen molar-refractivity contribution in [3.05, 3.63) is 65.4 Å². The fraction of sp³-hybridized carbons (Fsp3) is 0.222. The van der Waals surface area contributed by atoms with Crippen molar-refractivity contribution in [2.75, 3.05) is 7.05 Å². The van der Waals surface area contributed by atoms with E-state index in [-0.39, 0.29) is 0 Å². The minimum atomic E-state index is 0.440. The third-order valence-corrected chi connectivity index (χ3v) is 3.49. The van der Waals surface area contributed by atoms with Gasteiger partial charge in [-0.25, -0.2) is 0 Å². The fourth-order valence-corrected chi connectivity index (χ4v) is 2.49. The number of nitrogens with one attached hydrogen (secondary N) is 1. The van der Waals surface area contributed by atoms with Gasteiger partial charge >= 0.3 is 0 Å². The Morgan fingerprint density at radius 3 is 2.76 bits per heavy atom. The average molecular weight is 281 g/mol. The molecule has 3 rings (SSSR count). The van der Waals surface area contributed by atoms with Crippen LogP contribution in [0, 0.1) is 6.92 Å². The first-order chi connectivity index (χ1) is 10.3. The lowest BCUT2D eigenvalue weighted by Crippen LogP contribution is -2.07. The molecule has 1 aromatic heterocycles. The molecule has 0 amide bonds. The van der Waals surface area contributed by atoms with Gasteiger partial charge in [-0.3, -0.25) is 0 Å². The molecule has 21 heavy (non-hydrogen) atoms. The van der Waals surface area contributed by atoms with Crippen LogP contribution < -0.4 is 10.1 Å². The van der Waals surface area contributed by atoms with E-state index in [9.17, 15) is 0 Å². The molecule has 0 unspecified atom stereocenters. The number of hydrogen-bond acceptors (Lipinski definition) is 3. The van der Waals surface area contributed by atoms with Gasteiger partial charge < -0.3 is 14.5 Å². The number of rotatable bonds is 5. The highest BCUT2D eigenvalue weighted by atomic mass is 16.5. The Hall–Kier alpha value is -2.26. The van der Waals surface area contributed by atoms with Crippen molar-refractivity contribution in [2.45, 2.75) is 20.1 Å². The number of benzene rings is 2. The van der Waals surface area contributed by atoms with Crippen molar-refractivity contribution < 1.29 is 9.15 Å². The van der Waals surface area contributed by atoms with Gasteiger partial charge in [0, 0.05) is 17.5 Å². The lowest BCUT2D eigenvalue weighted by Gasteiger charge is -2.07. The topological polar surface area (TPSA) is 34.4 Å². The summed E-state index contributed by atoms with van der Waals surface area (Å²) in [5, 5.41) is 4.34. The van der Waals surface area contributed by atoms with Crippen LogP contribution in [-0.2, 0) is 13.2 Å². The normalized spacial score (nSPS) is 11.0. The molecule has 0 aliphatic carbocycles. The van der Waals surface area contributed by atoms with Gasteiger partial charge in [0.2, 0.25) is 0 Å². The monoisotopic (exact) mass is 281 g/mol. The van der Waals surface area contributed by atoms with E-state index in [1.807, 2.05) is 43.4 Å². The zero-order valence-electron chi connectivity index (χ0n) is 12.3. The molecule has 0 bridgehead atoms. The van der Waals surface area contributed by atoms with E-state index in [1.54, 1.807) is 0 Å². The van der Waals surface area contributed by atoms with E-state index in [2.05, 4.69) is 24.4 Å². The van der Waals surface area contributed by atoms with E-state index in [4.69, 9.17) is 9.15 Å². The summed E-state index contributed by atoms with van der Waals surface area (Å²) in [4.78, 5) is 0. The number of aryl methyl sites for hydroxylation is 1. The van der Waals surface area contributed by atoms with Crippen LogP contribution in [-0.4, -0.2) is 7.05 Å². The van der Waals surface area contributed by atoms with Crippen LogP contribution in [0.25, 0.3) is 11.0 Å². The Morgan fingerprint density at radius 1 is 1.10 bits per heavy atom. The van der Waals surface area contributed by atoms with Crippen LogP contribution in [0.5, 0.6) is 5.75 Å². The minimum Gasteiger partial charge on any atom is -0.486 e. The lowest BCUT2D eigenvalue weighted by atomic mass is 10.1. The second-order valence-electron chi connectivity index (χ2n) is 5.14. The summed E-state index contributed by atoms with van der Waals surface area (Å²) in [5.41, 5.74) is 3.26. The maximum Gasteiger partial charge on any atom is 0.147 e. The first-order valence-electron chi connectivity index (χ1n) is 7.11. The highest BCUT2D eigenvalue weighted by Crippen LogP contribution is 2.27. The molecule has 0 aliphatic rings. The van der Waals surface area contributed by atoms with Crippen LogP contribution in [0.15, 0.2) is 52.9 Å². The third-order valence-electron chi connectivity index (χ3n) is 3.49. The molecular weight excluding hydrogens is 262 g/mol. The Morgan fingerprint density at radius 2 is 1.95 bits per heavy atom. The molecule has 0 saturated carbocycles. The fourth-order valence-electron chi connectivity index (χ4n) is 2.49. The summed E-state index contributed by atoms with van der Waals surface area (Å²) in [7, 11) is 1.94. The summed E-state index contributed by atoms with van der Waals surface area (Å²) in [6.07, 6.45) is 0. The first kappa shape index (κ1) is 13.7. The number of para-hydroxylation sites is 1. The Kier molecular flexibility index (Phi) is 3.93. The van der Waals surface area contributed by atoms with Gasteiger partial charge in [-0.05, 0) is 37.7 Å². The second kappa shape index (κ2) is 6.02. The summed E-state index contributed by atoms with van der Waals surface area (Å²) in [6, 6.07) is 16.1. The van der Waals surface area contributed by atoms with E-state index in [0.29, 0.717) is 6.61 Å². The second-order valence-corrected chi connectivity index (χ2v) is 5.14. The summed E-state index contributed by atoms with van der Waals surface area (Å²) in [6.45, 7) is 3.26. The quantitative estimate of drug-likeness (QED) is 0.766.